The Morgan fingerprint density at radius 2 is 2.73 bits per heavy atom. The van der Waals surface area contributed by atoms with Gasteiger partial charge in [-0.25, -0.2) is 4.79 Å². The predicted molar refractivity (Wildman–Crippen MR) is 36.9 cm³/mol. The highest BCUT2D eigenvalue weighted by atomic mass is 16.6. The van der Waals surface area contributed by atoms with Crippen LogP contribution < -0.4 is 5.32 Å². The predicted octanol–water partition coefficient (Wildman–Crippen LogP) is 0.795. The van der Waals surface area contributed by atoms with Gasteiger partial charge in [-0.1, -0.05) is 5.11 Å². The molecule has 1 rings (SSSR count). The number of alkyl carbamates (subject to hydrolysis) is 1. The van der Waals surface area contributed by atoms with Crippen LogP contribution in [-0.2, 0) is 4.74 Å². The lowest BCUT2D eigenvalue weighted by molar-refractivity contribution is 0.0789. The minimum absolute atomic E-state index is 0.169. The van der Waals surface area contributed by atoms with Crippen LogP contribution in [-0.4, -0.2) is 24.8 Å². The monoisotopic (exact) mass is 156 g/mol. The van der Waals surface area contributed by atoms with E-state index in [1.165, 1.54) is 0 Å². The van der Waals surface area contributed by atoms with Gasteiger partial charge < -0.3 is 10.1 Å². The molecule has 11 heavy (non-hydrogen) atoms. The third-order valence-corrected chi connectivity index (χ3v) is 1.41. The standard InChI is InChI=1S/C5H8N4O2/c1-5(3-8-9-6)2-7-4(10)11-5/h2-3H2,1H3,(H,7,10). The van der Waals surface area contributed by atoms with Crippen LogP contribution in [0.2, 0.25) is 0 Å². The van der Waals surface area contributed by atoms with Crippen LogP contribution in [0.25, 0.3) is 10.4 Å². The molecule has 1 aliphatic heterocycles. The lowest BCUT2D eigenvalue weighted by Crippen LogP contribution is -2.32. The van der Waals surface area contributed by atoms with Crippen molar-refractivity contribution in [2.24, 2.45) is 5.11 Å². The maximum atomic E-state index is 10.6. The van der Waals surface area contributed by atoms with Gasteiger partial charge in [0.05, 0.1) is 13.1 Å². The number of carbonyl (C=O) groups is 1. The van der Waals surface area contributed by atoms with Gasteiger partial charge in [0, 0.05) is 4.91 Å². The summed E-state index contributed by atoms with van der Waals surface area (Å²) in [4.78, 5) is 13.1. The number of nitrogens with one attached hydrogen (secondary N) is 1. The Balaban J connectivity index is 2.54. The molecule has 0 aromatic carbocycles. The summed E-state index contributed by atoms with van der Waals surface area (Å²) in [6.07, 6.45) is -0.458. The molecule has 1 atom stereocenters. The van der Waals surface area contributed by atoms with Crippen molar-refractivity contribution in [3.8, 4) is 0 Å². The van der Waals surface area contributed by atoms with E-state index < -0.39 is 11.7 Å². The van der Waals surface area contributed by atoms with E-state index in [9.17, 15) is 4.79 Å². The molecule has 0 aromatic rings. The molecule has 0 aromatic heterocycles. The maximum Gasteiger partial charge on any atom is 0.407 e. The fourth-order valence-electron chi connectivity index (χ4n) is 0.824. The third-order valence-electron chi connectivity index (χ3n) is 1.41. The Bertz CT molecular complexity index is 223. The largest absolute Gasteiger partial charge is 0.441 e. The number of cyclic esters (lactones) is 1. The summed E-state index contributed by atoms with van der Waals surface area (Å²) in [7, 11) is 0. The van der Waals surface area contributed by atoms with Crippen molar-refractivity contribution in [2.45, 2.75) is 12.5 Å². The van der Waals surface area contributed by atoms with Gasteiger partial charge in [-0.3, -0.25) is 0 Å². The summed E-state index contributed by atoms with van der Waals surface area (Å²) in [6, 6.07) is 0. The van der Waals surface area contributed by atoms with Crippen LogP contribution in [0.15, 0.2) is 5.11 Å². The van der Waals surface area contributed by atoms with Crippen LogP contribution in [0.1, 0.15) is 6.92 Å². The van der Waals surface area contributed by atoms with Crippen LogP contribution in [0.4, 0.5) is 4.79 Å². The molecule has 0 bridgehead atoms. The van der Waals surface area contributed by atoms with Gasteiger partial charge in [-0.15, -0.1) is 0 Å². The van der Waals surface area contributed by atoms with Gasteiger partial charge in [0.1, 0.15) is 5.60 Å². The van der Waals surface area contributed by atoms with Crippen molar-refractivity contribution in [1.29, 1.82) is 0 Å². The highest BCUT2D eigenvalue weighted by molar-refractivity contribution is 5.70. The Kier molecular flexibility index (Phi) is 1.87. The summed E-state index contributed by atoms with van der Waals surface area (Å²) in [5.41, 5.74) is 7.34. The molecule has 6 heteroatoms. The number of rotatable bonds is 2. The molecule has 1 amide bonds. The zero-order valence-electron chi connectivity index (χ0n) is 6.07. The van der Waals surface area contributed by atoms with Crippen molar-refractivity contribution in [3.63, 3.8) is 0 Å². The lowest BCUT2D eigenvalue weighted by atomic mass is 10.1. The molecule has 1 heterocycles. The molecule has 1 N–H and O–H groups in total. The van der Waals surface area contributed by atoms with Crippen LogP contribution >= 0.6 is 0 Å². The number of nitrogens with zero attached hydrogens (tertiary/aromatic N) is 3. The zero-order chi connectivity index (χ0) is 8.32. The van der Waals surface area contributed by atoms with E-state index in [1.807, 2.05) is 0 Å². The average Bonchev–Trinajstić information content (AvgIpc) is 2.28. The van der Waals surface area contributed by atoms with Gasteiger partial charge in [0.2, 0.25) is 0 Å². The average molecular weight is 156 g/mol. The van der Waals surface area contributed by atoms with E-state index in [2.05, 4.69) is 15.3 Å². The van der Waals surface area contributed by atoms with E-state index >= 15 is 0 Å². The first-order chi connectivity index (χ1) is 5.16. The SMILES string of the molecule is CC1(CN=[N+]=[N-])CNC(=O)O1. The maximum absolute atomic E-state index is 10.6. The minimum atomic E-state index is -0.663. The van der Waals surface area contributed by atoms with Gasteiger partial charge in [-0.05, 0) is 12.5 Å². The first-order valence-corrected chi connectivity index (χ1v) is 3.14. The fourth-order valence-corrected chi connectivity index (χ4v) is 0.824. The molecule has 1 fully saturated rings. The van der Waals surface area contributed by atoms with E-state index in [0.29, 0.717) is 6.54 Å². The van der Waals surface area contributed by atoms with Crippen LogP contribution in [0.3, 0.4) is 0 Å². The molecule has 1 saturated heterocycles. The van der Waals surface area contributed by atoms with Crippen molar-refractivity contribution in [2.75, 3.05) is 13.1 Å². The minimum Gasteiger partial charge on any atom is -0.441 e. The third kappa shape index (κ3) is 1.75. The van der Waals surface area contributed by atoms with E-state index in [0.717, 1.165) is 0 Å². The van der Waals surface area contributed by atoms with Crippen molar-refractivity contribution >= 4 is 6.09 Å². The highest BCUT2D eigenvalue weighted by Gasteiger charge is 2.34. The lowest BCUT2D eigenvalue weighted by Gasteiger charge is -2.16. The molecule has 60 valence electrons. The van der Waals surface area contributed by atoms with E-state index in [-0.39, 0.29) is 6.54 Å². The number of amides is 1. The Morgan fingerprint density at radius 1 is 2.00 bits per heavy atom. The Labute approximate surface area is 63.2 Å². The molecule has 1 unspecified atom stereocenters. The Hall–Kier alpha value is -1.42. The van der Waals surface area contributed by atoms with Crippen LogP contribution in [0, 0.1) is 0 Å². The number of ether oxygens (including phenoxy) is 1. The summed E-state index contributed by atoms with van der Waals surface area (Å²) < 4.78 is 4.84. The second-order valence-corrected chi connectivity index (χ2v) is 2.58. The summed E-state index contributed by atoms with van der Waals surface area (Å²) in [6.45, 7) is 2.27. The van der Waals surface area contributed by atoms with Crippen molar-refractivity contribution in [1.82, 2.24) is 5.32 Å². The first-order valence-electron chi connectivity index (χ1n) is 3.14. The molecular formula is C5H8N4O2. The highest BCUT2D eigenvalue weighted by Crippen LogP contribution is 2.15. The summed E-state index contributed by atoms with van der Waals surface area (Å²) in [5.74, 6) is 0. The quantitative estimate of drug-likeness (QED) is 0.364. The molecule has 1 aliphatic rings. The molecule has 0 radical (unpaired) electrons. The van der Waals surface area contributed by atoms with Gasteiger partial charge in [-0.2, -0.15) is 0 Å². The van der Waals surface area contributed by atoms with E-state index in [4.69, 9.17) is 10.3 Å². The van der Waals surface area contributed by atoms with Gasteiger partial charge in [0.25, 0.3) is 0 Å². The summed E-state index contributed by atoms with van der Waals surface area (Å²) >= 11 is 0. The van der Waals surface area contributed by atoms with Gasteiger partial charge in [0.15, 0.2) is 0 Å². The zero-order valence-corrected chi connectivity index (χ0v) is 6.07. The fraction of sp³-hybridized carbons (Fsp3) is 0.800. The number of azide groups is 1. The topological polar surface area (TPSA) is 87.1 Å². The summed E-state index contributed by atoms with van der Waals surface area (Å²) in [5, 5.41) is 5.80. The van der Waals surface area contributed by atoms with Crippen molar-refractivity contribution < 1.29 is 9.53 Å². The second-order valence-electron chi connectivity index (χ2n) is 2.58. The van der Waals surface area contributed by atoms with E-state index in [1.54, 1.807) is 6.92 Å². The first kappa shape index (κ1) is 7.68. The normalized spacial score (nSPS) is 28.6. The van der Waals surface area contributed by atoms with Gasteiger partial charge >= 0.3 is 6.09 Å². The number of hydrogen-bond donors (Lipinski definition) is 1. The number of hydrogen-bond acceptors (Lipinski definition) is 3. The molecule has 6 nitrogen and oxygen atoms in total. The second kappa shape index (κ2) is 2.67. The molecule has 0 aliphatic carbocycles. The number of carbonyl (C=O) groups excluding carboxylic acids is 1. The molecular weight excluding hydrogens is 148 g/mol. The Morgan fingerprint density at radius 3 is 3.18 bits per heavy atom. The smallest absolute Gasteiger partial charge is 0.407 e. The van der Waals surface area contributed by atoms with Crippen molar-refractivity contribution in [3.05, 3.63) is 10.4 Å². The molecule has 0 saturated carbocycles. The molecule has 0 spiro atoms. The van der Waals surface area contributed by atoms with Crippen LogP contribution in [0.5, 0.6) is 0 Å².